The van der Waals surface area contributed by atoms with Crippen molar-refractivity contribution in [1.29, 1.82) is 0 Å². The van der Waals surface area contributed by atoms with Crippen molar-refractivity contribution in [2.45, 2.75) is 6.92 Å². The maximum atomic E-state index is 11.4. The molecule has 1 amide bonds. The van der Waals surface area contributed by atoms with E-state index in [0.29, 0.717) is 16.3 Å². The van der Waals surface area contributed by atoms with Gasteiger partial charge < -0.3 is 11.1 Å². The first kappa shape index (κ1) is 14.1. The van der Waals surface area contributed by atoms with Crippen molar-refractivity contribution in [3.63, 3.8) is 0 Å². The van der Waals surface area contributed by atoms with Crippen LogP contribution >= 0.6 is 34.2 Å². The van der Waals surface area contributed by atoms with Crippen molar-refractivity contribution >= 4 is 51.5 Å². The second-order valence-electron chi connectivity index (χ2n) is 4.11. The highest BCUT2D eigenvalue weighted by Crippen LogP contribution is 2.30. The van der Waals surface area contributed by atoms with E-state index >= 15 is 0 Å². The van der Waals surface area contributed by atoms with Gasteiger partial charge >= 0.3 is 0 Å². The largest absolute Gasteiger partial charge is 0.366 e. The molecule has 0 saturated heterocycles. The summed E-state index contributed by atoms with van der Waals surface area (Å²) in [6.45, 7) is 1.99. The van der Waals surface area contributed by atoms with Crippen LogP contribution < -0.4 is 11.1 Å². The molecule has 0 radical (unpaired) electrons. The number of carbonyl (C=O) groups excluding carboxylic acids is 1. The number of carbonyl (C=O) groups is 1. The summed E-state index contributed by atoms with van der Waals surface area (Å²) in [4.78, 5) is 11.4. The monoisotopic (exact) mass is 386 g/mol. The van der Waals surface area contributed by atoms with Gasteiger partial charge in [0.15, 0.2) is 0 Å². The van der Waals surface area contributed by atoms with Gasteiger partial charge in [0, 0.05) is 9.26 Å². The van der Waals surface area contributed by atoms with E-state index in [0.717, 1.165) is 14.8 Å². The molecule has 0 aliphatic carbocycles. The molecular weight excluding hydrogens is 375 g/mol. The molecule has 2 aromatic carbocycles. The molecule has 0 unspecified atom stereocenters. The minimum absolute atomic E-state index is 0.380. The number of amides is 1. The van der Waals surface area contributed by atoms with Gasteiger partial charge in [0.1, 0.15) is 0 Å². The number of halogens is 2. The Labute approximate surface area is 130 Å². The van der Waals surface area contributed by atoms with Crippen molar-refractivity contribution in [2.75, 3.05) is 5.32 Å². The SMILES string of the molecule is Cc1cc(I)ccc1Nc1c(Cl)cccc1C(N)=O. The molecule has 0 bridgehead atoms. The third-order valence-electron chi connectivity index (χ3n) is 2.73. The molecule has 2 aromatic rings. The van der Waals surface area contributed by atoms with Gasteiger partial charge in [-0.15, -0.1) is 0 Å². The second kappa shape index (κ2) is 5.79. The molecule has 3 N–H and O–H groups in total. The zero-order valence-electron chi connectivity index (χ0n) is 10.2. The summed E-state index contributed by atoms with van der Waals surface area (Å²) in [5, 5.41) is 3.65. The number of benzene rings is 2. The molecule has 98 valence electrons. The lowest BCUT2D eigenvalue weighted by atomic mass is 10.1. The van der Waals surface area contributed by atoms with Crippen molar-refractivity contribution in [2.24, 2.45) is 5.73 Å². The van der Waals surface area contributed by atoms with Crippen molar-refractivity contribution in [1.82, 2.24) is 0 Å². The second-order valence-corrected chi connectivity index (χ2v) is 5.76. The summed E-state index contributed by atoms with van der Waals surface area (Å²) in [5.41, 5.74) is 8.25. The fraction of sp³-hybridized carbons (Fsp3) is 0.0714. The summed E-state index contributed by atoms with van der Waals surface area (Å²) in [5.74, 6) is -0.506. The van der Waals surface area contributed by atoms with Crippen LogP contribution in [0.2, 0.25) is 5.02 Å². The van der Waals surface area contributed by atoms with Crippen LogP contribution in [0.4, 0.5) is 11.4 Å². The lowest BCUT2D eigenvalue weighted by molar-refractivity contribution is 0.100. The Kier molecular flexibility index (Phi) is 4.31. The number of anilines is 2. The summed E-state index contributed by atoms with van der Waals surface area (Å²) >= 11 is 8.38. The fourth-order valence-electron chi connectivity index (χ4n) is 1.76. The van der Waals surface area contributed by atoms with Crippen LogP contribution in [-0.2, 0) is 0 Å². The zero-order valence-corrected chi connectivity index (χ0v) is 13.1. The van der Waals surface area contributed by atoms with Crippen LogP contribution in [0.3, 0.4) is 0 Å². The van der Waals surface area contributed by atoms with Crippen molar-refractivity contribution in [3.05, 3.63) is 56.1 Å². The molecule has 0 fully saturated rings. The Balaban J connectivity index is 2.46. The van der Waals surface area contributed by atoms with Gasteiger partial charge in [0.25, 0.3) is 5.91 Å². The molecule has 0 spiro atoms. The Morgan fingerprint density at radius 1 is 1.32 bits per heavy atom. The Morgan fingerprint density at radius 3 is 2.68 bits per heavy atom. The van der Waals surface area contributed by atoms with E-state index in [-0.39, 0.29) is 0 Å². The summed E-state index contributed by atoms with van der Waals surface area (Å²) < 4.78 is 1.15. The minimum Gasteiger partial charge on any atom is -0.366 e. The highest BCUT2D eigenvalue weighted by atomic mass is 127. The van der Waals surface area contributed by atoms with Crippen LogP contribution in [-0.4, -0.2) is 5.91 Å². The number of aryl methyl sites for hydroxylation is 1. The van der Waals surface area contributed by atoms with Gasteiger partial charge in [0.05, 0.1) is 16.3 Å². The molecule has 0 aromatic heterocycles. The molecule has 19 heavy (non-hydrogen) atoms. The van der Waals surface area contributed by atoms with Crippen LogP contribution in [0.25, 0.3) is 0 Å². The van der Waals surface area contributed by atoms with Gasteiger partial charge in [-0.3, -0.25) is 4.79 Å². The lowest BCUT2D eigenvalue weighted by Gasteiger charge is -2.14. The normalized spacial score (nSPS) is 10.3. The third kappa shape index (κ3) is 3.19. The maximum Gasteiger partial charge on any atom is 0.250 e. The van der Waals surface area contributed by atoms with Gasteiger partial charge in [0.2, 0.25) is 0 Å². The van der Waals surface area contributed by atoms with E-state index in [4.69, 9.17) is 17.3 Å². The highest BCUT2D eigenvalue weighted by Gasteiger charge is 2.12. The lowest BCUT2D eigenvalue weighted by Crippen LogP contribution is -2.13. The standard InChI is InChI=1S/C14H12ClIN2O/c1-8-7-9(16)5-6-12(8)18-13-10(14(17)19)3-2-4-11(13)15/h2-7,18H,1H3,(H2,17,19). The average Bonchev–Trinajstić information content (AvgIpc) is 2.34. The number of hydrogen-bond acceptors (Lipinski definition) is 2. The average molecular weight is 387 g/mol. The first-order chi connectivity index (χ1) is 8.99. The highest BCUT2D eigenvalue weighted by molar-refractivity contribution is 14.1. The number of para-hydroxylation sites is 1. The summed E-state index contributed by atoms with van der Waals surface area (Å²) in [6.07, 6.45) is 0. The van der Waals surface area contributed by atoms with E-state index in [1.54, 1.807) is 18.2 Å². The minimum atomic E-state index is -0.506. The Morgan fingerprint density at radius 2 is 2.05 bits per heavy atom. The molecule has 0 atom stereocenters. The number of nitrogens with two attached hydrogens (primary N) is 1. The van der Waals surface area contributed by atoms with Gasteiger partial charge in [-0.05, 0) is 65.4 Å². The van der Waals surface area contributed by atoms with E-state index in [2.05, 4.69) is 27.9 Å². The molecular formula is C14H12ClIN2O. The van der Waals surface area contributed by atoms with Crippen LogP contribution in [0.1, 0.15) is 15.9 Å². The zero-order chi connectivity index (χ0) is 14.0. The Hall–Kier alpha value is -1.27. The van der Waals surface area contributed by atoms with Gasteiger partial charge in [-0.25, -0.2) is 0 Å². The van der Waals surface area contributed by atoms with Crippen molar-refractivity contribution < 1.29 is 4.79 Å². The van der Waals surface area contributed by atoms with Gasteiger partial charge in [-0.2, -0.15) is 0 Å². The first-order valence-electron chi connectivity index (χ1n) is 5.60. The predicted molar refractivity (Wildman–Crippen MR) is 87.1 cm³/mol. The smallest absolute Gasteiger partial charge is 0.250 e. The molecule has 0 aliphatic rings. The molecule has 0 saturated carbocycles. The van der Waals surface area contributed by atoms with Crippen molar-refractivity contribution in [3.8, 4) is 0 Å². The van der Waals surface area contributed by atoms with Crippen LogP contribution in [0.15, 0.2) is 36.4 Å². The fourth-order valence-corrected chi connectivity index (χ4v) is 2.63. The van der Waals surface area contributed by atoms with Crippen LogP contribution in [0.5, 0.6) is 0 Å². The van der Waals surface area contributed by atoms with Crippen LogP contribution in [0, 0.1) is 10.5 Å². The third-order valence-corrected chi connectivity index (χ3v) is 3.71. The molecule has 5 heteroatoms. The Bertz CT molecular complexity index is 643. The van der Waals surface area contributed by atoms with E-state index in [9.17, 15) is 4.79 Å². The topological polar surface area (TPSA) is 55.1 Å². The summed E-state index contributed by atoms with van der Waals surface area (Å²) in [7, 11) is 0. The van der Waals surface area contributed by atoms with E-state index in [1.165, 1.54) is 0 Å². The molecule has 0 aliphatic heterocycles. The molecule has 2 rings (SSSR count). The van der Waals surface area contributed by atoms with Gasteiger partial charge in [-0.1, -0.05) is 17.7 Å². The molecule has 3 nitrogen and oxygen atoms in total. The quantitative estimate of drug-likeness (QED) is 0.781. The summed E-state index contributed by atoms with van der Waals surface area (Å²) in [6, 6.07) is 11.1. The number of primary amides is 1. The number of hydrogen-bond donors (Lipinski definition) is 2. The predicted octanol–water partition coefficient (Wildman–Crippen LogP) is 4.10. The first-order valence-corrected chi connectivity index (χ1v) is 7.06. The number of rotatable bonds is 3. The van der Waals surface area contributed by atoms with E-state index < -0.39 is 5.91 Å². The maximum absolute atomic E-state index is 11.4. The number of nitrogens with one attached hydrogen (secondary N) is 1. The van der Waals surface area contributed by atoms with E-state index in [1.807, 2.05) is 25.1 Å². The molecule has 0 heterocycles.